The Morgan fingerprint density at radius 2 is 1.83 bits per heavy atom. The van der Waals surface area contributed by atoms with Crippen LogP contribution in [0.1, 0.15) is 11.5 Å². The molecule has 3 heteroatoms. The highest BCUT2D eigenvalue weighted by Gasteiger charge is 2.06. The van der Waals surface area contributed by atoms with Crippen LogP contribution in [0.15, 0.2) is 57.4 Å². The second kappa shape index (κ2) is 4.94. The minimum atomic E-state index is 0.798. The first-order valence-electron chi connectivity index (χ1n) is 5.90. The van der Waals surface area contributed by atoms with Gasteiger partial charge in [0.2, 0.25) is 0 Å². The molecule has 0 bridgehead atoms. The van der Waals surface area contributed by atoms with Crippen LogP contribution >= 0.6 is 15.9 Å². The number of aromatic nitrogens is 1. The third-order valence-electron chi connectivity index (χ3n) is 2.86. The summed E-state index contributed by atoms with van der Waals surface area (Å²) in [6.07, 6.45) is 1.78. The van der Waals surface area contributed by atoms with E-state index < -0.39 is 0 Å². The van der Waals surface area contributed by atoms with Gasteiger partial charge < -0.3 is 4.42 Å². The van der Waals surface area contributed by atoms with Gasteiger partial charge in [-0.3, -0.25) is 0 Å². The average molecular weight is 302 g/mol. The summed E-state index contributed by atoms with van der Waals surface area (Å²) >= 11 is 3.44. The largest absolute Gasteiger partial charge is 0.441 e. The molecule has 0 aliphatic heterocycles. The van der Waals surface area contributed by atoms with Crippen LogP contribution in [0.2, 0.25) is 0 Å². The van der Waals surface area contributed by atoms with E-state index in [4.69, 9.17) is 4.42 Å². The van der Waals surface area contributed by atoms with E-state index in [2.05, 4.69) is 45.2 Å². The number of hydrogen-bond acceptors (Lipinski definition) is 2. The van der Waals surface area contributed by atoms with Crippen LogP contribution in [0, 0.1) is 0 Å². The molecule has 0 saturated carbocycles. The van der Waals surface area contributed by atoms with E-state index in [0.717, 1.165) is 34.3 Å². The maximum absolute atomic E-state index is 5.71. The van der Waals surface area contributed by atoms with Gasteiger partial charge in [0.1, 0.15) is 5.52 Å². The first kappa shape index (κ1) is 11.5. The normalized spacial score (nSPS) is 10.9. The topological polar surface area (TPSA) is 26.0 Å². The Morgan fingerprint density at radius 1 is 1.00 bits per heavy atom. The average Bonchev–Trinajstić information content (AvgIpc) is 2.79. The van der Waals surface area contributed by atoms with Crippen molar-refractivity contribution in [1.29, 1.82) is 0 Å². The number of benzene rings is 2. The van der Waals surface area contributed by atoms with Crippen molar-refractivity contribution in [1.82, 2.24) is 4.98 Å². The van der Waals surface area contributed by atoms with Gasteiger partial charge in [0, 0.05) is 10.9 Å². The van der Waals surface area contributed by atoms with Crippen molar-refractivity contribution >= 4 is 27.0 Å². The molecule has 2 nitrogen and oxygen atoms in total. The SMILES string of the molecule is Brc1ccc2oc(CCc3ccccc3)nc2c1. The van der Waals surface area contributed by atoms with Crippen molar-refractivity contribution < 1.29 is 4.42 Å². The number of hydrogen-bond donors (Lipinski definition) is 0. The molecule has 0 N–H and O–H groups in total. The van der Waals surface area contributed by atoms with Crippen LogP contribution in [0.5, 0.6) is 0 Å². The Hall–Kier alpha value is -1.61. The molecule has 0 atom stereocenters. The number of aryl methyl sites for hydroxylation is 2. The fourth-order valence-electron chi connectivity index (χ4n) is 1.95. The molecular formula is C15H12BrNO. The molecule has 0 aliphatic carbocycles. The molecule has 0 amide bonds. The van der Waals surface area contributed by atoms with Crippen LogP contribution < -0.4 is 0 Å². The molecule has 0 spiro atoms. The maximum atomic E-state index is 5.71. The molecule has 0 aliphatic rings. The molecule has 0 unspecified atom stereocenters. The number of halogens is 1. The summed E-state index contributed by atoms with van der Waals surface area (Å²) < 4.78 is 6.74. The minimum Gasteiger partial charge on any atom is -0.441 e. The summed E-state index contributed by atoms with van der Waals surface area (Å²) in [4.78, 5) is 4.49. The molecule has 0 fully saturated rings. The lowest BCUT2D eigenvalue weighted by molar-refractivity contribution is 0.528. The highest BCUT2D eigenvalue weighted by atomic mass is 79.9. The Bertz CT molecular complexity index is 661. The summed E-state index contributed by atoms with van der Waals surface area (Å²) in [7, 11) is 0. The fourth-order valence-corrected chi connectivity index (χ4v) is 2.30. The lowest BCUT2D eigenvalue weighted by atomic mass is 10.1. The van der Waals surface area contributed by atoms with E-state index in [1.807, 2.05) is 24.3 Å². The molecule has 1 aromatic heterocycles. The van der Waals surface area contributed by atoms with Crippen LogP contribution in [0.4, 0.5) is 0 Å². The van der Waals surface area contributed by atoms with Gasteiger partial charge in [0.25, 0.3) is 0 Å². The van der Waals surface area contributed by atoms with E-state index in [1.165, 1.54) is 5.56 Å². The van der Waals surface area contributed by atoms with Crippen molar-refractivity contribution in [3.05, 3.63) is 64.5 Å². The van der Waals surface area contributed by atoms with Crippen molar-refractivity contribution in [3.63, 3.8) is 0 Å². The lowest BCUT2D eigenvalue weighted by Crippen LogP contribution is -1.90. The molecule has 1 heterocycles. The van der Waals surface area contributed by atoms with Gasteiger partial charge >= 0.3 is 0 Å². The standard InChI is InChI=1S/C15H12BrNO/c16-12-7-8-14-13(10-12)17-15(18-14)9-6-11-4-2-1-3-5-11/h1-5,7-8,10H,6,9H2. The smallest absolute Gasteiger partial charge is 0.195 e. The second-order valence-corrected chi connectivity index (χ2v) is 5.12. The van der Waals surface area contributed by atoms with Crippen LogP contribution in [-0.4, -0.2) is 4.98 Å². The second-order valence-electron chi connectivity index (χ2n) is 4.21. The fraction of sp³-hybridized carbons (Fsp3) is 0.133. The zero-order valence-corrected chi connectivity index (χ0v) is 11.4. The first-order valence-corrected chi connectivity index (χ1v) is 6.69. The molecular weight excluding hydrogens is 290 g/mol. The van der Waals surface area contributed by atoms with Gasteiger partial charge in [0.05, 0.1) is 0 Å². The molecule has 3 rings (SSSR count). The van der Waals surface area contributed by atoms with Crippen LogP contribution in [0.25, 0.3) is 11.1 Å². The summed E-state index contributed by atoms with van der Waals surface area (Å²) in [6, 6.07) is 16.3. The van der Waals surface area contributed by atoms with E-state index in [-0.39, 0.29) is 0 Å². The quantitative estimate of drug-likeness (QED) is 0.718. The Labute approximate surface area is 114 Å². The van der Waals surface area contributed by atoms with Crippen LogP contribution in [-0.2, 0) is 12.8 Å². The number of rotatable bonds is 3. The van der Waals surface area contributed by atoms with Crippen molar-refractivity contribution in [3.8, 4) is 0 Å². The lowest BCUT2D eigenvalue weighted by Gasteiger charge is -1.96. The highest BCUT2D eigenvalue weighted by Crippen LogP contribution is 2.21. The molecule has 2 aromatic carbocycles. The van der Waals surface area contributed by atoms with Gasteiger partial charge in [-0.15, -0.1) is 0 Å². The minimum absolute atomic E-state index is 0.798. The van der Waals surface area contributed by atoms with Gasteiger partial charge in [0.15, 0.2) is 11.5 Å². The number of nitrogens with zero attached hydrogens (tertiary/aromatic N) is 1. The van der Waals surface area contributed by atoms with Crippen molar-refractivity contribution in [2.24, 2.45) is 0 Å². The Balaban J connectivity index is 1.79. The summed E-state index contributed by atoms with van der Waals surface area (Å²) in [6.45, 7) is 0. The Kier molecular flexibility index (Phi) is 3.15. The summed E-state index contributed by atoms with van der Waals surface area (Å²) in [5.41, 5.74) is 3.06. The van der Waals surface area contributed by atoms with E-state index in [1.54, 1.807) is 0 Å². The number of fused-ring (bicyclic) bond motifs is 1. The molecule has 0 saturated heterocycles. The first-order chi connectivity index (χ1) is 8.81. The van der Waals surface area contributed by atoms with Gasteiger partial charge in [-0.05, 0) is 30.2 Å². The van der Waals surface area contributed by atoms with E-state index in [9.17, 15) is 0 Å². The molecule has 18 heavy (non-hydrogen) atoms. The van der Waals surface area contributed by atoms with Crippen molar-refractivity contribution in [2.45, 2.75) is 12.8 Å². The van der Waals surface area contributed by atoms with E-state index >= 15 is 0 Å². The third-order valence-corrected chi connectivity index (χ3v) is 3.36. The monoisotopic (exact) mass is 301 g/mol. The predicted octanol–water partition coefficient (Wildman–Crippen LogP) is 4.38. The predicted molar refractivity (Wildman–Crippen MR) is 75.6 cm³/mol. The van der Waals surface area contributed by atoms with Gasteiger partial charge in [-0.2, -0.15) is 0 Å². The summed E-state index contributed by atoms with van der Waals surface area (Å²) in [5.74, 6) is 0.798. The van der Waals surface area contributed by atoms with Gasteiger partial charge in [-0.25, -0.2) is 4.98 Å². The molecule has 0 radical (unpaired) electrons. The number of oxazole rings is 1. The highest BCUT2D eigenvalue weighted by molar-refractivity contribution is 9.10. The molecule has 3 aromatic rings. The van der Waals surface area contributed by atoms with Crippen LogP contribution in [0.3, 0.4) is 0 Å². The zero-order chi connectivity index (χ0) is 12.4. The molecule has 90 valence electrons. The van der Waals surface area contributed by atoms with Gasteiger partial charge in [-0.1, -0.05) is 46.3 Å². The van der Waals surface area contributed by atoms with Crippen molar-refractivity contribution in [2.75, 3.05) is 0 Å². The Morgan fingerprint density at radius 3 is 2.67 bits per heavy atom. The third kappa shape index (κ3) is 2.46. The van der Waals surface area contributed by atoms with E-state index in [0.29, 0.717) is 0 Å². The maximum Gasteiger partial charge on any atom is 0.195 e. The zero-order valence-electron chi connectivity index (χ0n) is 9.77. The summed E-state index contributed by atoms with van der Waals surface area (Å²) in [5, 5.41) is 0.